The molecular weight excluding hydrogens is 437 g/mol. The van der Waals surface area contributed by atoms with Crippen LogP contribution >= 0.6 is 15.9 Å². The summed E-state index contributed by atoms with van der Waals surface area (Å²) in [5.74, 6) is 1.70. The molecule has 0 bridgehead atoms. The van der Waals surface area contributed by atoms with Crippen LogP contribution in [0.3, 0.4) is 0 Å². The van der Waals surface area contributed by atoms with E-state index in [1.807, 2.05) is 12.2 Å². The molecule has 0 spiro atoms. The molecule has 1 aliphatic heterocycles. The highest BCUT2D eigenvalue weighted by atomic mass is 79.9. The van der Waals surface area contributed by atoms with Crippen LogP contribution in [-0.2, 0) is 6.18 Å². The Morgan fingerprint density at radius 2 is 1.93 bits per heavy atom. The highest BCUT2D eigenvalue weighted by Gasteiger charge is 2.31. The Bertz CT molecular complexity index is 1070. The predicted octanol–water partition coefficient (Wildman–Crippen LogP) is 5.47. The van der Waals surface area contributed by atoms with Crippen molar-refractivity contribution in [3.8, 4) is 5.75 Å². The van der Waals surface area contributed by atoms with Gasteiger partial charge >= 0.3 is 6.18 Å². The van der Waals surface area contributed by atoms with E-state index in [4.69, 9.17) is 4.74 Å². The summed E-state index contributed by atoms with van der Waals surface area (Å²) in [6, 6.07) is 9.20. The topological polar surface area (TPSA) is 62.0 Å². The number of benzene rings is 2. The average Bonchev–Trinajstić information content (AvgIpc) is 3.07. The molecular formula is C19H14BrF3N4O. The van der Waals surface area contributed by atoms with Crippen molar-refractivity contribution in [1.82, 2.24) is 15.3 Å². The largest absolute Gasteiger partial charge is 0.456 e. The zero-order chi connectivity index (χ0) is 19.7. The maximum Gasteiger partial charge on any atom is 0.416 e. The van der Waals surface area contributed by atoms with Crippen molar-refractivity contribution in [3.63, 3.8) is 0 Å². The Labute approximate surface area is 166 Å². The number of ether oxygens (including phenoxy) is 1. The number of hydrogen-bond donors (Lipinski definition) is 3. The molecule has 1 aromatic heterocycles. The first kappa shape index (κ1) is 18.4. The van der Waals surface area contributed by atoms with Gasteiger partial charge in [0.15, 0.2) is 0 Å². The monoisotopic (exact) mass is 450 g/mol. The molecule has 0 unspecified atom stereocenters. The number of imidazole rings is 1. The van der Waals surface area contributed by atoms with Crippen LogP contribution in [-0.4, -0.2) is 16.5 Å². The first-order chi connectivity index (χ1) is 13.4. The summed E-state index contributed by atoms with van der Waals surface area (Å²) in [7, 11) is 0. The van der Waals surface area contributed by atoms with Crippen molar-refractivity contribution >= 4 is 38.6 Å². The van der Waals surface area contributed by atoms with Gasteiger partial charge in [0.25, 0.3) is 0 Å². The third-order valence-corrected chi connectivity index (χ3v) is 4.59. The minimum atomic E-state index is -4.43. The van der Waals surface area contributed by atoms with Gasteiger partial charge in [-0.05, 0) is 58.4 Å². The van der Waals surface area contributed by atoms with Crippen LogP contribution in [0, 0.1) is 0 Å². The van der Waals surface area contributed by atoms with Gasteiger partial charge < -0.3 is 20.4 Å². The van der Waals surface area contributed by atoms with Crippen molar-refractivity contribution in [2.24, 2.45) is 0 Å². The van der Waals surface area contributed by atoms with Crippen LogP contribution in [0.15, 0.2) is 65.0 Å². The van der Waals surface area contributed by atoms with E-state index in [-0.39, 0.29) is 9.99 Å². The second-order valence-corrected chi connectivity index (χ2v) is 6.90. The minimum absolute atomic E-state index is 0.271. The molecule has 0 atom stereocenters. The lowest BCUT2D eigenvalue weighted by Gasteiger charge is -2.11. The number of anilines is 2. The number of nitrogens with one attached hydrogen (secondary N) is 3. The molecule has 28 heavy (non-hydrogen) atoms. The Morgan fingerprint density at radius 1 is 1.14 bits per heavy atom. The number of hydrogen-bond acceptors (Lipinski definition) is 4. The smallest absolute Gasteiger partial charge is 0.416 e. The molecule has 0 radical (unpaired) electrons. The van der Waals surface area contributed by atoms with Crippen molar-refractivity contribution in [2.75, 3.05) is 11.9 Å². The molecule has 2 heterocycles. The second kappa shape index (κ2) is 7.23. The number of nitrogens with zero attached hydrogens (tertiary/aromatic N) is 1. The van der Waals surface area contributed by atoms with Gasteiger partial charge in [-0.25, -0.2) is 4.98 Å². The van der Waals surface area contributed by atoms with E-state index in [9.17, 15) is 13.2 Å². The summed E-state index contributed by atoms with van der Waals surface area (Å²) in [6.45, 7) is 0.772. The van der Waals surface area contributed by atoms with Crippen LogP contribution in [0.5, 0.6) is 5.75 Å². The number of aromatic amines is 1. The third kappa shape index (κ3) is 3.99. The zero-order valence-electron chi connectivity index (χ0n) is 14.3. The van der Waals surface area contributed by atoms with E-state index in [0.29, 0.717) is 28.7 Å². The molecule has 3 N–H and O–H groups in total. The molecule has 0 saturated carbocycles. The van der Waals surface area contributed by atoms with Gasteiger partial charge in [-0.3, -0.25) is 0 Å². The van der Waals surface area contributed by atoms with Gasteiger partial charge in [0.1, 0.15) is 17.0 Å². The third-order valence-electron chi connectivity index (χ3n) is 3.98. The summed E-state index contributed by atoms with van der Waals surface area (Å²) in [4.78, 5) is 7.18. The summed E-state index contributed by atoms with van der Waals surface area (Å²) in [6.07, 6.45) is 1.19. The van der Waals surface area contributed by atoms with Gasteiger partial charge in [0.2, 0.25) is 5.95 Å². The summed E-state index contributed by atoms with van der Waals surface area (Å²) in [5, 5.41) is 6.10. The molecule has 3 aromatic rings. The highest BCUT2D eigenvalue weighted by Crippen LogP contribution is 2.35. The zero-order valence-corrected chi connectivity index (χ0v) is 15.9. The molecule has 4 rings (SSSR count). The van der Waals surface area contributed by atoms with Crippen molar-refractivity contribution < 1.29 is 17.9 Å². The number of halogens is 4. The first-order valence-corrected chi connectivity index (χ1v) is 9.09. The van der Waals surface area contributed by atoms with Gasteiger partial charge in [0, 0.05) is 22.9 Å². The molecule has 144 valence electrons. The molecule has 1 aliphatic rings. The van der Waals surface area contributed by atoms with Crippen LogP contribution in [0.25, 0.3) is 11.0 Å². The normalized spacial score (nSPS) is 13.9. The fraction of sp³-hybridized carbons (Fsp3) is 0.105. The van der Waals surface area contributed by atoms with Gasteiger partial charge in [0.05, 0.1) is 11.1 Å². The summed E-state index contributed by atoms with van der Waals surface area (Å²) >= 11 is 3.15. The summed E-state index contributed by atoms with van der Waals surface area (Å²) < 4.78 is 44.9. The average molecular weight is 451 g/mol. The lowest BCUT2D eigenvalue weighted by molar-refractivity contribution is -0.137. The standard InChI is InChI=1S/C19H14BrF3N4O/c20-15-8-11(19(21,22)23)9-16-17(15)27-18(26-16)25-12-3-5-13(6-4-12)28-14-2-1-7-24-10-14/h1-6,8-10,24H,7H2,(H2,25,26,27). The molecule has 0 fully saturated rings. The van der Waals surface area contributed by atoms with E-state index < -0.39 is 11.7 Å². The van der Waals surface area contributed by atoms with Crippen LogP contribution in [0.2, 0.25) is 0 Å². The SMILES string of the molecule is FC(F)(F)c1cc(Br)c2nc(Nc3ccc(OC4=CNCC=C4)cc3)[nH]c2c1. The van der Waals surface area contributed by atoms with Gasteiger partial charge in [-0.1, -0.05) is 6.08 Å². The number of fused-ring (bicyclic) bond motifs is 1. The molecule has 0 amide bonds. The number of rotatable bonds is 4. The van der Waals surface area contributed by atoms with E-state index in [0.717, 1.165) is 18.7 Å². The van der Waals surface area contributed by atoms with E-state index >= 15 is 0 Å². The van der Waals surface area contributed by atoms with Gasteiger partial charge in [-0.15, -0.1) is 0 Å². The Morgan fingerprint density at radius 3 is 2.61 bits per heavy atom. The number of dihydropyridines is 1. The van der Waals surface area contributed by atoms with E-state index in [1.165, 1.54) is 0 Å². The molecule has 2 aromatic carbocycles. The Kier molecular flexibility index (Phi) is 4.76. The van der Waals surface area contributed by atoms with Crippen LogP contribution in [0.1, 0.15) is 5.56 Å². The molecule has 0 aliphatic carbocycles. The fourth-order valence-electron chi connectivity index (χ4n) is 2.69. The lowest BCUT2D eigenvalue weighted by Crippen LogP contribution is -2.11. The maximum atomic E-state index is 13.0. The Balaban J connectivity index is 1.52. The highest BCUT2D eigenvalue weighted by molar-refractivity contribution is 9.10. The predicted molar refractivity (Wildman–Crippen MR) is 104 cm³/mol. The summed E-state index contributed by atoms with van der Waals surface area (Å²) in [5.41, 5.74) is 0.667. The van der Waals surface area contributed by atoms with Crippen molar-refractivity contribution in [3.05, 3.63) is 70.5 Å². The fourth-order valence-corrected chi connectivity index (χ4v) is 3.24. The number of H-pyrrole nitrogens is 1. The Hall–Kier alpha value is -2.94. The van der Waals surface area contributed by atoms with E-state index in [1.54, 1.807) is 30.5 Å². The van der Waals surface area contributed by atoms with Gasteiger partial charge in [-0.2, -0.15) is 13.2 Å². The number of allylic oxidation sites excluding steroid dienone is 1. The number of alkyl halides is 3. The number of aromatic nitrogens is 2. The van der Waals surface area contributed by atoms with E-state index in [2.05, 4.69) is 36.5 Å². The second-order valence-electron chi connectivity index (χ2n) is 6.05. The maximum absolute atomic E-state index is 13.0. The van der Waals surface area contributed by atoms with Crippen molar-refractivity contribution in [1.29, 1.82) is 0 Å². The van der Waals surface area contributed by atoms with Crippen LogP contribution in [0.4, 0.5) is 24.8 Å². The quantitative estimate of drug-likeness (QED) is 0.493. The lowest BCUT2D eigenvalue weighted by atomic mass is 10.2. The first-order valence-electron chi connectivity index (χ1n) is 8.30. The molecule has 9 heteroatoms. The molecule has 5 nitrogen and oxygen atoms in total. The molecule has 0 saturated heterocycles. The van der Waals surface area contributed by atoms with Crippen LogP contribution < -0.4 is 15.4 Å². The minimum Gasteiger partial charge on any atom is -0.456 e. The van der Waals surface area contributed by atoms with Crippen molar-refractivity contribution in [2.45, 2.75) is 6.18 Å².